The van der Waals surface area contributed by atoms with E-state index >= 15 is 0 Å². The molecule has 52 heteroatoms. The minimum Gasteiger partial charge on any atom is -0.481 e. The largest absolute Gasteiger partial charge is 0.481 e. The van der Waals surface area contributed by atoms with Crippen LogP contribution in [0.25, 0.3) is 0 Å². The second kappa shape index (κ2) is 58.3. The van der Waals surface area contributed by atoms with Gasteiger partial charge in [0, 0.05) is 13.3 Å². The van der Waals surface area contributed by atoms with E-state index < -0.39 is 315 Å². The lowest BCUT2D eigenvalue weighted by atomic mass is 9.96. The maximum absolute atomic E-state index is 14.3. The highest BCUT2D eigenvalue weighted by molar-refractivity contribution is 6.02. The predicted molar refractivity (Wildman–Crippen MR) is 437 cm³/mol. The molecule has 0 spiro atoms. The number of carboxylic acids is 5. The molecule has 0 fully saturated rings. The summed E-state index contributed by atoms with van der Waals surface area (Å²) in [4.78, 5) is 291. The Morgan fingerprint density at radius 3 is 0.929 bits per heavy atom. The van der Waals surface area contributed by atoms with E-state index in [1.807, 2.05) is 21.3 Å². The Balaban J connectivity index is 6.78. The number of aliphatic hydroxyl groups excluding tert-OH is 6. The van der Waals surface area contributed by atoms with E-state index in [2.05, 4.69) is 69.1 Å². The average Bonchev–Trinajstić information content (AvgIpc) is 0.833. The highest BCUT2D eigenvalue weighted by atomic mass is 16.4. The van der Waals surface area contributed by atoms with Gasteiger partial charge in [0.05, 0.1) is 57.4 Å². The minimum atomic E-state index is -2.21. The third kappa shape index (κ3) is 42.7. The maximum Gasteiger partial charge on any atom is 0.326 e. The average molecular weight is 1820 g/mol. The SMILES string of the molecule is CC[C@H](C)[C@H](NC(=O)[C@H](CCC(=O)O)NC(=O)[C@H](CO)NC(=O)[C@H](CO)NC(=O)[C@@H](NC(=O)[C@H](CC(=O)O)NC(=O)[C@@H](NC(=O)[C@H](C)NC(=O)[C@H](C)NC(=O)[C@H](CC(=O)O)NC(=O)[C@H](CO)NC(C)=O)C(C)C)[C@@H](C)O)C(=O)N[C@H](C(=O)N[C@H](C(=O)N[C@@H](CCCCN)C(=O)N[C@@H](CC(=O)O)C(=O)N[C@@H](CC(C)C)C(=O)N[C@@H](CCCCN)C(=O)O)[C@@H](C)O)[C@@H](C)O. The predicted octanol–water partition coefficient (Wildman–Crippen LogP) is -12.2. The molecule has 0 aromatic rings. The second-order valence-corrected chi connectivity index (χ2v) is 30.9. The molecule has 32 N–H and O–H groups in total. The molecule has 720 valence electrons. The van der Waals surface area contributed by atoms with Crippen molar-refractivity contribution >= 4 is 130 Å². The number of nitrogens with two attached hydrogens (primary N) is 2. The highest BCUT2D eigenvalue weighted by Gasteiger charge is 2.42. The van der Waals surface area contributed by atoms with Crippen LogP contribution in [-0.2, 0) is 105 Å². The summed E-state index contributed by atoms with van der Waals surface area (Å²) >= 11 is 0. The topological polar surface area (TPSA) is 855 Å². The van der Waals surface area contributed by atoms with Crippen LogP contribution >= 0.6 is 0 Å². The number of unbranched alkanes of at least 4 members (excludes halogenated alkanes) is 2. The molecular formula is C75H127N19O33. The Labute approximate surface area is 729 Å². The van der Waals surface area contributed by atoms with Gasteiger partial charge in [-0.15, -0.1) is 0 Å². The van der Waals surface area contributed by atoms with Crippen molar-refractivity contribution < 1.29 is 162 Å². The van der Waals surface area contributed by atoms with Crippen molar-refractivity contribution in [3.05, 3.63) is 0 Å². The van der Waals surface area contributed by atoms with E-state index in [1.165, 1.54) is 27.7 Å². The first kappa shape index (κ1) is 115. The molecule has 52 nitrogen and oxygen atoms in total. The van der Waals surface area contributed by atoms with Crippen molar-refractivity contribution in [2.24, 2.45) is 29.2 Å². The fourth-order valence-corrected chi connectivity index (χ4v) is 11.7. The van der Waals surface area contributed by atoms with Crippen molar-refractivity contribution in [1.82, 2.24) is 90.4 Å². The van der Waals surface area contributed by atoms with Crippen LogP contribution in [-0.4, -0.2) is 340 Å². The third-order valence-electron chi connectivity index (χ3n) is 19.0. The van der Waals surface area contributed by atoms with Gasteiger partial charge in [-0.3, -0.25) is 101 Å². The monoisotopic (exact) mass is 1820 g/mol. The van der Waals surface area contributed by atoms with E-state index in [4.69, 9.17) is 11.5 Å². The molecule has 0 heterocycles. The lowest BCUT2D eigenvalue weighted by Crippen LogP contribution is -2.64. The number of carboxylic acid groups (broad SMARTS) is 5. The Morgan fingerprint density at radius 1 is 0.283 bits per heavy atom. The molecular weight excluding hydrogens is 1690 g/mol. The molecule has 21 atom stereocenters. The Hall–Kier alpha value is -12.0. The van der Waals surface area contributed by atoms with E-state index in [0.29, 0.717) is 12.8 Å². The van der Waals surface area contributed by atoms with Crippen LogP contribution in [0.2, 0.25) is 0 Å². The fraction of sp³-hybridized carbons (Fsp3) is 0.707. The molecule has 127 heavy (non-hydrogen) atoms. The number of rotatable bonds is 62. The molecule has 0 aromatic heterocycles. The van der Waals surface area contributed by atoms with Gasteiger partial charge < -0.3 is 158 Å². The van der Waals surface area contributed by atoms with Gasteiger partial charge in [0.2, 0.25) is 100 Å². The molecule has 0 aromatic carbocycles. The minimum absolute atomic E-state index is 0.0259. The smallest absolute Gasteiger partial charge is 0.326 e. The summed E-state index contributed by atoms with van der Waals surface area (Å²) in [5, 5.41) is 148. The standard InChI is InChI=1S/C75H127N19O33/c1-13-33(6)55(71(122)93-58(38(11)100)74(125)94-57(37(10)99)72(123)82-40(18-14-16-22-76)61(112)85-45(26-52(106)107)65(116)84-43(24-31(2)3)64(115)83-42(75(126)127)19-15-17-23-77)91-62(113)41(20-21-50(102)103)81-68(119)48(29-96)88-69(120)49(30-97)89-73(124)56(36(9)98)92-66(117)46(27-53(108)109)87-70(121)54(32(4)5)90-60(111)35(8)78-59(110)34(7)79-63(114)44(25-51(104)105)86-67(118)47(28-95)80-39(12)101/h31-38,40-49,54-58,95-100H,13-30,76-77H2,1-12H3,(H,78,110)(H,79,114)(H,80,101)(H,81,119)(H,82,123)(H,83,115)(H,84,116)(H,85,112)(H,86,118)(H,87,121)(H,88,120)(H,89,124)(H,90,111)(H,91,113)(H,92,117)(H,93,122)(H,94,125)(H,102,103)(H,104,105)(H,106,107)(H,108,109)(H,126,127)/t33-,34-,35-,36+,37+,38+,40-,41-,42-,43-,44-,45-,46-,47-,48-,49-,54-,55-,56-,57-,58-/m0/s1. The quantitative estimate of drug-likeness (QED) is 0.0251. The zero-order valence-electron chi connectivity index (χ0n) is 72.6. The molecule has 0 bridgehead atoms. The second-order valence-electron chi connectivity index (χ2n) is 30.9. The van der Waals surface area contributed by atoms with Crippen LogP contribution in [0.4, 0.5) is 0 Å². The molecule has 0 radical (unpaired) electrons. The first-order valence-electron chi connectivity index (χ1n) is 40.7. The van der Waals surface area contributed by atoms with Crippen molar-refractivity contribution in [3.63, 3.8) is 0 Å². The van der Waals surface area contributed by atoms with Gasteiger partial charge in [0.15, 0.2) is 0 Å². The summed E-state index contributed by atoms with van der Waals surface area (Å²) in [7, 11) is 0. The van der Waals surface area contributed by atoms with Crippen LogP contribution in [0.3, 0.4) is 0 Å². The van der Waals surface area contributed by atoms with Gasteiger partial charge in [0.1, 0.15) is 103 Å². The molecule has 0 saturated carbocycles. The van der Waals surface area contributed by atoms with Gasteiger partial charge in [0.25, 0.3) is 0 Å². The normalized spacial score (nSPS) is 16.1. The zero-order chi connectivity index (χ0) is 97.7. The van der Waals surface area contributed by atoms with Crippen LogP contribution in [0.15, 0.2) is 0 Å². The van der Waals surface area contributed by atoms with Crippen LogP contribution in [0.5, 0.6) is 0 Å². The summed E-state index contributed by atoms with van der Waals surface area (Å²) < 4.78 is 0. The molecule has 0 aliphatic heterocycles. The van der Waals surface area contributed by atoms with Gasteiger partial charge in [-0.05, 0) is 117 Å². The molecule has 0 aliphatic rings. The number of nitrogens with one attached hydrogen (secondary N) is 17. The summed E-state index contributed by atoms with van der Waals surface area (Å²) in [6, 6.07) is -31.5. The molecule has 0 aliphatic carbocycles. The van der Waals surface area contributed by atoms with Crippen LogP contribution in [0.1, 0.15) is 167 Å². The Morgan fingerprint density at radius 2 is 0.551 bits per heavy atom. The summed E-state index contributed by atoms with van der Waals surface area (Å²) in [6.45, 7) is 11.7. The number of aliphatic hydroxyl groups is 6. The lowest BCUT2D eigenvalue weighted by Gasteiger charge is -2.31. The van der Waals surface area contributed by atoms with E-state index in [9.17, 15) is 162 Å². The van der Waals surface area contributed by atoms with Gasteiger partial charge in [-0.1, -0.05) is 48.0 Å². The van der Waals surface area contributed by atoms with E-state index in [0.717, 1.165) is 41.5 Å². The van der Waals surface area contributed by atoms with Gasteiger partial charge in [-0.2, -0.15) is 0 Å². The first-order chi connectivity index (χ1) is 59.2. The maximum atomic E-state index is 14.3. The summed E-state index contributed by atoms with van der Waals surface area (Å²) in [6.07, 6.45) is -10.2. The van der Waals surface area contributed by atoms with Crippen molar-refractivity contribution in [2.45, 2.75) is 288 Å². The van der Waals surface area contributed by atoms with E-state index in [1.54, 1.807) is 13.8 Å². The molecule has 0 rings (SSSR count). The zero-order valence-corrected chi connectivity index (χ0v) is 72.6. The highest BCUT2D eigenvalue weighted by Crippen LogP contribution is 2.15. The van der Waals surface area contributed by atoms with Gasteiger partial charge >= 0.3 is 29.8 Å². The third-order valence-corrected chi connectivity index (χ3v) is 19.0. The number of carbonyl (C=O) groups excluding carboxylic acids is 17. The van der Waals surface area contributed by atoms with Gasteiger partial charge in [-0.25, -0.2) is 4.79 Å². The fourth-order valence-electron chi connectivity index (χ4n) is 11.7. The van der Waals surface area contributed by atoms with Crippen LogP contribution in [0, 0.1) is 17.8 Å². The number of aliphatic carboxylic acids is 5. The molecule has 17 amide bonds. The van der Waals surface area contributed by atoms with Crippen LogP contribution < -0.4 is 102 Å². The molecule has 0 unspecified atom stereocenters. The van der Waals surface area contributed by atoms with Crippen molar-refractivity contribution in [3.8, 4) is 0 Å². The van der Waals surface area contributed by atoms with Crippen molar-refractivity contribution in [1.29, 1.82) is 0 Å². The lowest BCUT2D eigenvalue weighted by molar-refractivity contribution is -0.143. The number of hydrogen-bond acceptors (Lipinski definition) is 30. The Bertz CT molecular complexity index is 3800. The first-order valence-corrected chi connectivity index (χ1v) is 40.7. The number of amides is 17. The molecule has 0 saturated heterocycles. The number of carbonyl (C=O) groups is 22. The van der Waals surface area contributed by atoms with E-state index in [-0.39, 0.29) is 57.5 Å². The van der Waals surface area contributed by atoms with Crippen molar-refractivity contribution in [2.75, 3.05) is 32.9 Å². The summed E-state index contributed by atoms with van der Waals surface area (Å²) in [5.41, 5.74) is 11.2. The summed E-state index contributed by atoms with van der Waals surface area (Å²) in [5.74, 6) is -31.5. The number of hydrogen-bond donors (Lipinski definition) is 30. The Kier molecular flexibility index (Phi) is 52.8.